The van der Waals surface area contributed by atoms with Crippen molar-refractivity contribution < 1.29 is 19.5 Å². The van der Waals surface area contributed by atoms with E-state index in [2.05, 4.69) is 0 Å². The lowest BCUT2D eigenvalue weighted by molar-refractivity contribution is -0.157. The first kappa shape index (κ1) is 8.70. The SMILES string of the molecule is CN1CCC(=O)C(C(=O)O)C1=O. The molecule has 1 rings (SSSR count). The Morgan fingerprint density at radius 1 is 1.58 bits per heavy atom. The predicted molar refractivity (Wildman–Crippen MR) is 38.4 cm³/mol. The van der Waals surface area contributed by atoms with Gasteiger partial charge in [-0.1, -0.05) is 0 Å². The average molecular weight is 171 g/mol. The van der Waals surface area contributed by atoms with Gasteiger partial charge in [-0.05, 0) is 0 Å². The number of carboxylic acids is 1. The van der Waals surface area contributed by atoms with Crippen molar-refractivity contribution >= 4 is 17.7 Å². The number of carbonyl (C=O) groups excluding carboxylic acids is 2. The number of carbonyl (C=O) groups is 3. The number of ketones is 1. The number of hydrogen-bond donors (Lipinski definition) is 1. The lowest BCUT2D eigenvalue weighted by Crippen LogP contribution is -2.47. The lowest BCUT2D eigenvalue weighted by atomic mass is 9.96. The van der Waals surface area contributed by atoms with Crippen molar-refractivity contribution in [1.29, 1.82) is 0 Å². The number of Topliss-reactive ketones (excluding diaryl/α,β-unsaturated/α-hetero) is 1. The molecule has 5 heteroatoms. The molecule has 1 fully saturated rings. The van der Waals surface area contributed by atoms with Crippen molar-refractivity contribution in [2.24, 2.45) is 5.92 Å². The summed E-state index contributed by atoms with van der Waals surface area (Å²) in [5, 5.41) is 8.53. The molecule has 12 heavy (non-hydrogen) atoms. The zero-order valence-electron chi connectivity index (χ0n) is 6.61. The number of carboxylic acid groups (broad SMARTS) is 1. The molecule has 66 valence electrons. The first-order chi connectivity index (χ1) is 5.54. The highest BCUT2D eigenvalue weighted by Crippen LogP contribution is 2.12. The van der Waals surface area contributed by atoms with Gasteiger partial charge in [0.15, 0.2) is 11.7 Å². The van der Waals surface area contributed by atoms with Gasteiger partial charge in [0.25, 0.3) is 0 Å². The molecule has 0 spiro atoms. The summed E-state index contributed by atoms with van der Waals surface area (Å²) < 4.78 is 0. The standard InChI is InChI=1S/C7H9NO4/c1-8-3-2-4(9)5(6(8)10)7(11)12/h5H,2-3H2,1H3,(H,11,12). The molecule has 1 saturated heterocycles. The van der Waals surface area contributed by atoms with Gasteiger partial charge in [0.1, 0.15) is 0 Å². The fourth-order valence-electron chi connectivity index (χ4n) is 1.13. The molecule has 1 atom stereocenters. The number of piperidine rings is 1. The first-order valence-electron chi connectivity index (χ1n) is 3.54. The van der Waals surface area contributed by atoms with Gasteiger partial charge < -0.3 is 10.0 Å². The first-order valence-corrected chi connectivity index (χ1v) is 3.54. The molecule has 1 unspecified atom stereocenters. The Morgan fingerprint density at radius 3 is 2.58 bits per heavy atom. The van der Waals surface area contributed by atoms with E-state index in [4.69, 9.17) is 5.11 Å². The second-order valence-corrected chi connectivity index (χ2v) is 2.75. The van der Waals surface area contributed by atoms with E-state index in [0.29, 0.717) is 6.54 Å². The number of amides is 1. The van der Waals surface area contributed by atoms with Crippen LogP contribution in [0.2, 0.25) is 0 Å². The number of rotatable bonds is 1. The lowest BCUT2D eigenvalue weighted by Gasteiger charge is -2.25. The molecule has 0 aliphatic carbocycles. The van der Waals surface area contributed by atoms with Crippen LogP contribution in [0.1, 0.15) is 6.42 Å². The van der Waals surface area contributed by atoms with E-state index in [-0.39, 0.29) is 6.42 Å². The second kappa shape index (κ2) is 2.92. The van der Waals surface area contributed by atoms with Crippen molar-refractivity contribution in [3.05, 3.63) is 0 Å². The van der Waals surface area contributed by atoms with Crippen molar-refractivity contribution in [3.63, 3.8) is 0 Å². The van der Waals surface area contributed by atoms with Crippen LogP contribution in [0.4, 0.5) is 0 Å². The zero-order chi connectivity index (χ0) is 9.30. The molecule has 0 aromatic rings. The van der Waals surface area contributed by atoms with Crippen molar-refractivity contribution in [2.45, 2.75) is 6.42 Å². The Hall–Kier alpha value is -1.39. The smallest absolute Gasteiger partial charge is 0.323 e. The molecule has 1 aliphatic heterocycles. The number of nitrogens with zero attached hydrogens (tertiary/aromatic N) is 1. The largest absolute Gasteiger partial charge is 0.480 e. The average Bonchev–Trinajstić information content (AvgIpc) is 1.97. The van der Waals surface area contributed by atoms with Crippen molar-refractivity contribution in [1.82, 2.24) is 4.90 Å². The summed E-state index contributed by atoms with van der Waals surface area (Å²) >= 11 is 0. The Morgan fingerprint density at radius 2 is 2.17 bits per heavy atom. The summed E-state index contributed by atoms with van der Waals surface area (Å²) in [5.41, 5.74) is 0. The highest BCUT2D eigenvalue weighted by molar-refractivity contribution is 6.17. The Bertz CT molecular complexity index is 248. The van der Waals surface area contributed by atoms with E-state index in [1.54, 1.807) is 0 Å². The molecule has 1 amide bonds. The van der Waals surface area contributed by atoms with E-state index >= 15 is 0 Å². The quantitative estimate of drug-likeness (QED) is 0.520. The monoisotopic (exact) mass is 171 g/mol. The second-order valence-electron chi connectivity index (χ2n) is 2.75. The highest BCUT2D eigenvalue weighted by atomic mass is 16.4. The van der Waals surface area contributed by atoms with Crippen LogP contribution in [-0.2, 0) is 14.4 Å². The summed E-state index contributed by atoms with van der Waals surface area (Å²) in [6.45, 7) is 0.321. The van der Waals surface area contributed by atoms with E-state index in [9.17, 15) is 14.4 Å². The van der Waals surface area contributed by atoms with Crippen LogP contribution in [0.5, 0.6) is 0 Å². The molecule has 1 aliphatic rings. The van der Waals surface area contributed by atoms with E-state index < -0.39 is 23.6 Å². The molecule has 1 heterocycles. The van der Waals surface area contributed by atoms with Crippen LogP contribution < -0.4 is 0 Å². The summed E-state index contributed by atoms with van der Waals surface area (Å²) in [7, 11) is 1.49. The molecular formula is C7H9NO4. The van der Waals surface area contributed by atoms with Gasteiger partial charge in [-0.2, -0.15) is 0 Å². The third-order valence-corrected chi connectivity index (χ3v) is 1.89. The van der Waals surface area contributed by atoms with Crippen LogP contribution in [0.3, 0.4) is 0 Å². The number of hydrogen-bond acceptors (Lipinski definition) is 3. The van der Waals surface area contributed by atoms with E-state index in [1.165, 1.54) is 11.9 Å². The molecular weight excluding hydrogens is 162 g/mol. The van der Waals surface area contributed by atoms with Gasteiger partial charge in [0, 0.05) is 20.0 Å². The summed E-state index contributed by atoms with van der Waals surface area (Å²) in [6, 6.07) is 0. The fourth-order valence-corrected chi connectivity index (χ4v) is 1.13. The molecule has 0 aromatic heterocycles. The maximum Gasteiger partial charge on any atom is 0.323 e. The molecule has 0 bridgehead atoms. The van der Waals surface area contributed by atoms with Crippen LogP contribution in [0.25, 0.3) is 0 Å². The molecule has 0 aromatic carbocycles. The van der Waals surface area contributed by atoms with Crippen molar-refractivity contribution in [2.75, 3.05) is 13.6 Å². The third kappa shape index (κ3) is 1.30. The van der Waals surface area contributed by atoms with Gasteiger partial charge in [-0.25, -0.2) is 0 Å². The third-order valence-electron chi connectivity index (χ3n) is 1.89. The Kier molecular flexibility index (Phi) is 2.12. The van der Waals surface area contributed by atoms with Crippen LogP contribution >= 0.6 is 0 Å². The summed E-state index contributed by atoms with van der Waals surface area (Å²) in [6.07, 6.45) is 0.138. The van der Waals surface area contributed by atoms with Crippen LogP contribution in [0, 0.1) is 5.92 Å². The minimum Gasteiger partial charge on any atom is -0.480 e. The minimum atomic E-state index is -1.47. The maximum atomic E-state index is 11.1. The van der Waals surface area contributed by atoms with Gasteiger partial charge in [0.05, 0.1) is 0 Å². The topological polar surface area (TPSA) is 74.7 Å². The fraction of sp³-hybridized carbons (Fsp3) is 0.571. The van der Waals surface area contributed by atoms with Crippen LogP contribution in [-0.4, -0.2) is 41.3 Å². The normalized spacial score (nSPS) is 24.4. The Balaban J connectivity index is 2.86. The van der Waals surface area contributed by atoms with Gasteiger partial charge in [0.2, 0.25) is 5.91 Å². The summed E-state index contributed by atoms with van der Waals surface area (Å²) in [4.78, 5) is 33.8. The maximum absolute atomic E-state index is 11.1. The molecule has 5 nitrogen and oxygen atoms in total. The summed E-state index contributed by atoms with van der Waals surface area (Å²) in [5.74, 6) is -3.93. The Labute approximate surface area is 69.0 Å². The number of aliphatic carboxylic acids is 1. The van der Waals surface area contributed by atoms with Crippen molar-refractivity contribution in [3.8, 4) is 0 Å². The molecule has 0 radical (unpaired) electrons. The molecule has 1 N–H and O–H groups in total. The van der Waals surface area contributed by atoms with Gasteiger partial charge >= 0.3 is 5.97 Å². The van der Waals surface area contributed by atoms with Gasteiger partial charge in [-0.3, -0.25) is 14.4 Å². The number of likely N-dealkylation sites (tertiary alicyclic amines) is 1. The minimum absolute atomic E-state index is 0.138. The van der Waals surface area contributed by atoms with E-state index in [0.717, 1.165) is 0 Å². The predicted octanol–water partition coefficient (Wildman–Crippen LogP) is -0.882. The zero-order valence-corrected chi connectivity index (χ0v) is 6.61. The van der Waals surface area contributed by atoms with Gasteiger partial charge in [-0.15, -0.1) is 0 Å². The van der Waals surface area contributed by atoms with E-state index in [1.807, 2.05) is 0 Å². The molecule has 0 saturated carbocycles. The highest BCUT2D eigenvalue weighted by Gasteiger charge is 2.38. The van der Waals surface area contributed by atoms with Crippen LogP contribution in [0.15, 0.2) is 0 Å².